The molecule has 0 bridgehead atoms. The molecule has 0 N–H and O–H groups in total. The van der Waals surface area contributed by atoms with Crippen LogP contribution in [0.1, 0.15) is 43.5 Å². The maximum atomic E-state index is 12.9. The largest absolute Gasteiger partial charge is 0.497 e. The first-order valence-electron chi connectivity index (χ1n) is 7.13. The number of likely N-dealkylation sites (tertiary alicyclic amines) is 1. The van der Waals surface area contributed by atoms with E-state index >= 15 is 0 Å². The fourth-order valence-electron chi connectivity index (χ4n) is 2.94. The van der Waals surface area contributed by atoms with Crippen molar-refractivity contribution >= 4 is 5.91 Å². The van der Waals surface area contributed by atoms with Gasteiger partial charge in [-0.1, -0.05) is 0 Å². The number of methoxy groups -OCH3 is 2. The molecule has 1 heterocycles. The molecule has 1 fully saturated rings. The van der Waals surface area contributed by atoms with Crippen LogP contribution in [0.3, 0.4) is 0 Å². The molecule has 0 spiro atoms. The normalized spacial score (nSPS) is 22.5. The number of benzene rings is 1. The summed E-state index contributed by atoms with van der Waals surface area (Å²) in [5.41, 5.74) is 0.576. The Labute approximate surface area is 120 Å². The molecule has 0 saturated carbocycles. The van der Waals surface area contributed by atoms with Crippen molar-refractivity contribution in [1.82, 2.24) is 4.90 Å². The van der Waals surface area contributed by atoms with Gasteiger partial charge in [-0.3, -0.25) is 4.79 Å². The fraction of sp³-hybridized carbons (Fsp3) is 0.562. The Morgan fingerprint density at radius 3 is 2.35 bits per heavy atom. The van der Waals surface area contributed by atoms with Crippen molar-refractivity contribution in [1.29, 1.82) is 0 Å². The van der Waals surface area contributed by atoms with Crippen LogP contribution in [0.4, 0.5) is 0 Å². The Bertz CT molecular complexity index is 477. The number of hydrogen-bond donors (Lipinski definition) is 0. The Hall–Kier alpha value is -1.71. The number of carbonyl (C=O) groups is 1. The molecule has 2 unspecified atom stereocenters. The minimum atomic E-state index is 0.0282. The van der Waals surface area contributed by atoms with Gasteiger partial charge in [0.15, 0.2) is 0 Å². The van der Waals surface area contributed by atoms with Crippen LogP contribution in [0.2, 0.25) is 0 Å². The van der Waals surface area contributed by atoms with Gasteiger partial charge in [-0.15, -0.1) is 0 Å². The Kier molecular flexibility index (Phi) is 4.53. The average Bonchev–Trinajstić information content (AvgIpc) is 2.46. The van der Waals surface area contributed by atoms with Crippen molar-refractivity contribution in [3.8, 4) is 11.5 Å². The topological polar surface area (TPSA) is 38.8 Å². The molecular formula is C16H23NO3. The average molecular weight is 277 g/mol. The highest BCUT2D eigenvalue weighted by molar-refractivity contribution is 5.97. The summed E-state index contributed by atoms with van der Waals surface area (Å²) in [7, 11) is 3.18. The third-order valence-electron chi connectivity index (χ3n) is 4.07. The van der Waals surface area contributed by atoms with E-state index in [2.05, 4.69) is 13.8 Å². The zero-order valence-electron chi connectivity index (χ0n) is 12.7. The zero-order valence-corrected chi connectivity index (χ0v) is 12.7. The standard InChI is InChI=1S/C16H23NO3/c1-11-6-5-7-12(2)17(11)16(18)14-10-13(19-3)8-9-15(14)20-4/h8-12H,5-7H2,1-4H3. The molecule has 0 aliphatic carbocycles. The smallest absolute Gasteiger partial charge is 0.258 e. The molecule has 2 atom stereocenters. The van der Waals surface area contributed by atoms with Crippen molar-refractivity contribution in [2.75, 3.05) is 14.2 Å². The van der Waals surface area contributed by atoms with Gasteiger partial charge in [-0.2, -0.15) is 0 Å². The monoisotopic (exact) mass is 277 g/mol. The first-order chi connectivity index (χ1) is 9.58. The van der Waals surface area contributed by atoms with Gasteiger partial charge in [0, 0.05) is 12.1 Å². The molecule has 0 aromatic heterocycles. The molecule has 4 heteroatoms. The predicted molar refractivity (Wildman–Crippen MR) is 78.5 cm³/mol. The van der Waals surface area contributed by atoms with Crippen molar-refractivity contribution in [2.45, 2.75) is 45.2 Å². The lowest BCUT2D eigenvalue weighted by Crippen LogP contribution is -2.47. The van der Waals surface area contributed by atoms with Crippen LogP contribution in [-0.4, -0.2) is 37.1 Å². The number of rotatable bonds is 3. The molecule has 1 saturated heterocycles. The van der Waals surface area contributed by atoms with Crippen molar-refractivity contribution in [2.24, 2.45) is 0 Å². The predicted octanol–water partition coefficient (Wildman–Crippen LogP) is 3.11. The van der Waals surface area contributed by atoms with Crippen LogP contribution < -0.4 is 9.47 Å². The maximum Gasteiger partial charge on any atom is 0.258 e. The minimum Gasteiger partial charge on any atom is -0.497 e. The van der Waals surface area contributed by atoms with Crippen molar-refractivity contribution in [3.05, 3.63) is 23.8 Å². The molecule has 1 aliphatic heterocycles. The highest BCUT2D eigenvalue weighted by Crippen LogP contribution is 2.30. The minimum absolute atomic E-state index is 0.0282. The molecule has 20 heavy (non-hydrogen) atoms. The second-order valence-electron chi connectivity index (χ2n) is 5.41. The molecule has 1 aromatic rings. The lowest BCUT2D eigenvalue weighted by Gasteiger charge is -2.39. The van der Waals surface area contributed by atoms with Crippen LogP contribution in [0.25, 0.3) is 0 Å². The number of piperidine rings is 1. The van der Waals surface area contributed by atoms with Crippen LogP contribution in [-0.2, 0) is 0 Å². The second-order valence-corrected chi connectivity index (χ2v) is 5.41. The lowest BCUT2D eigenvalue weighted by molar-refractivity contribution is 0.0507. The number of amides is 1. The van der Waals surface area contributed by atoms with Gasteiger partial charge in [0.05, 0.1) is 19.8 Å². The van der Waals surface area contributed by atoms with Crippen molar-refractivity contribution in [3.63, 3.8) is 0 Å². The van der Waals surface area contributed by atoms with E-state index in [-0.39, 0.29) is 18.0 Å². The van der Waals surface area contributed by atoms with Gasteiger partial charge in [-0.25, -0.2) is 0 Å². The second kappa shape index (κ2) is 6.16. The van der Waals surface area contributed by atoms with E-state index in [1.807, 2.05) is 4.90 Å². The highest BCUT2D eigenvalue weighted by atomic mass is 16.5. The highest BCUT2D eigenvalue weighted by Gasteiger charge is 2.31. The summed E-state index contributed by atoms with van der Waals surface area (Å²) in [5, 5.41) is 0. The number of ether oxygens (including phenoxy) is 2. The summed E-state index contributed by atoms with van der Waals surface area (Å²) < 4.78 is 10.5. The van der Waals surface area contributed by atoms with Crippen LogP contribution in [0, 0.1) is 0 Å². The van der Waals surface area contributed by atoms with E-state index in [0.29, 0.717) is 17.1 Å². The molecular weight excluding hydrogens is 254 g/mol. The number of hydrogen-bond acceptors (Lipinski definition) is 3. The third kappa shape index (κ3) is 2.74. The summed E-state index contributed by atoms with van der Waals surface area (Å²) in [4.78, 5) is 14.8. The van der Waals surface area contributed by atoms with E-state index in [1.54, 1.807) is 32.4 Å². The first-order valence-corrected chi connectivity index (χ1v) is 7.13. The first kappa shape index (κ1) is 14.7. The SMILES string of the molecule is COc1ccc(OC)c(C(=O)N2C(C)CCCC2C)c1. The quantitative estimate of drug-likeness (QED) is 0.852. The molecule has 0 radical (unpaired) electrons. The molecule has 4 nitrogen and oxygen atoms in total. The maximum absolute atomic E-state index is 12.9. The molecule has 2 rings (SSSR count). The fourth-order valence-corrected chi connectivity index (χ4v) is 2.94. The summed E-state index contributed by atoms with van der Waals surface area (Å²) in [5.74, 6) is 1.30. The van der Waals surface area contributed by atoms with E-state index in [9.17, 15) is 4.79 Å². The van der Waals surface area contributed by atoms with Crippen LogP contribution in [0.5, 0.6) is 11.5 Å². The lowest BCUT2D eigenvalue weighted by atomic mass is 9.96. The summed E-state index contributed by atoms with van der Waals surface area (Å²) in [6, 6.07) is 5.88. The van der Waals surface area contributed by atoms with E-state index in [1.165, 1.54) is 6.42 Å². The van der Waals surface area contributed by atoms with E-state index in [0.717, 1.165) is 12.8 Å². The summed E-state index contributed by atoms with van der Waals surface area (Å²) in [6.07, 6.45) is 3.30. The van der Waals surface area contributed by atoms with Crippen LogP contribution >= 0.6 is 0 Å². The summed E-state index contributed by atoms with van der Waals surface area (Å²) in [6.45, 7) is 4.22. The molecule has 110 valence electrons. The van der Waals surface area contributed by atoms with Gasteiger partial charge in [0.25, 0.3) is 5.91 Å². The van der Waals surface area contributed by atoms with Gasteiger partial charge in [-0.05, 0) is 51.3 Å². The van der Waals surface area contributed by atoms with Gasteiger partial charge < -0.3 is 14.4 Å². The Balaban J connectivity index is 2.36. The zero-order chi connectivity index (χ0) is 14.7. The Morgan fingerprint density at radius 2 is 1.80 bits per heavy atom. The molecule has 1 aliphatic rings. The number of nitrogens with zero attached hydrogens (tertiary/aromatic N) is 1. The van der Waals surface area contributed by atoms with Crippen LogP contribution in [0.15, 0.2) is 18.2 Å². The molecule has 1 amide bonds. The molecule has 1 aromatic carbocycles. The van der Waals surface area contributed by atoms with Gasteiger partial charge in [0.1, 0.15) is 11.5 Å². The third-order valence-corrected chi connectivity index (χ3v) is 4.07. The number of carbonyl (C=O) groups excluding carboxylic acids is 1. The summed E-state index contributed by atoms with van der Waals surface area (Å²) >= 11 is 0. The van der Waals surface area contributed by atoms with Gasteiger partial charge in [0.2, 0.25) is 0 Å². The van der Waals surface area contributed by atoms with E-state index < -0.39 is 0 Å². The van der Waals surface area contributed by atoms with Gasteiger partial charge >= 0.3 is 0 Å². The Morgan fingerprint density at radius 1 is 1.15 bits per heavy atom. The van der Waals surface area contributed by atoms with Crippen molar-refractivity contribution < 1.29 is 14.3 Å². The van der Waals surface area contributed by atoms with E-state index in [4.69, 9.17) is 9.47 Å².